The van der Waals surface area contributed by atoms with E-state index in [0.717, 1.165) is 0 Å². The van der Waals surface area contributed by atoms with Crippen molar-refractivity contribution in [1.82, 2.24) is 4.90 Å². The Kier molecular flexibility index (Phi) is 2.79. The summed E-state index contributed by atoms with van der Waals surface area (Å²) in [6, 6.07) is 3.08. The van der Waals surface area contributed by atoms with E-state index in [-0.39, 0.29) is 34.1 Å². The Morgan fingerprint density at radius 1 is 1.24 bits per heavy atom. The molecule has 17 heavy (non-hydrogen) atoms. The van der Waals surface area contributed by atoms with Crippen LogP contribution in [0.25, 0.3) is 0 Å². The maximum atomic E-state index is 12.1. The summed E-state index contributed by atoms with van der Waals surface area (Å²) in [5, 5.41) is 9.87. The van der Waals surface area contributed by atoms with Crippen LogP contribution in [0.2, 0.25) is 0 Å². The predicted octanol–water partition coefficient (Wildman–Crippen LogP) is 1.98. The average molecular weight is 296 g/mol. The number of likely N-dealkylation sites (N-methyl/N-ethyl adjacent to an activating group) is 1. The highest BCUT2D eigenvalue weighted by atomic mass is 79.9. The second kappa shape index (κ2) is 4.00. The Morgan fingerprint density at radius 3 is 2.47 bits per heavy atom. The van der Waals surface area contributed by atoms with Crippen LogP contribution in [0.1, 0.15) is 20.7 Å². The van der Waals surface area contributed by atoms with Gasteiger partial charge in [-0.3, -0.25) is 9.59 Å². The van der Waals surface area contributed by atoms with Gasteiger partial charge in [0.05, 0.1) is 15.7 Å². The largest absolute Gasteiger partial charge is 0.506 e. The number of hydrogen-bond donors (Lipinski definition) is 1. The van der Waals surface area contributed by atoms with Crippen molar-refractivity contribution in [1.29, 1.82) is 0 Å². The number of Topliss-reactive ketones (excluding diaryl/α,β-unsaturated/α-hetero) is 1. The summed E-state index contributed by atoms with van der Waals surface area (Å²) in [5.41, 5.74) is 0.577. The standard InChI is InChI=1S/C12H10BrNO3/c1-14(2)8-5-9(15)6-3-4-7(13)11(16)10(6)12(8)17/h3-5,16H,1-2H3. The van der Waals surface area contributed by atoms with Gasteiger partial charge in [0.2, 0.25) is 5.78 Å². The maximum Gasteiger partial charge on any atom is 0.213 e. The summed E-state index contributed by atoms with van der Waals surface area (Å²) in [4.78, 5) is 25.5. The summed E-state index contributed by atoms with van der Waals surface area (Å²) in [5.74, 6) is -0.803. The molecular weight excluding hydrogens is 286 g/mol. The quantitative estimate of drug-likeness (QED) is 0.861. The molecule has 0 heterocycles. The molecule has 0 bridgehead atoms. The molecule has 0 saturated carbocycles. The van der Waals surface area contributed by atoms with Crippen molar-refractivity contribution >= 4 is 27.5 Å². The van der Waals surface area contributed by atoms with E-state index >= 15 is 0 Å². The Balaban J connectivity index is 2.70. The van der Waals surface area contributed by atoms with E-state index in [1.165, 1.54) is 12.1 Å². The molecule has 0 aromatic heterocycles. The summed E-state index contributed by atoms with van der Waals surface area (Å²) in [6.07, 6.45) is 1.29. The van der Waals surface area contributed by atoms with Crippen LogP contribution in [0, 0.1) is 0 Å². The topological polar surface area (TPSA) is 57.6 Å². The zero-order valence-corrected chi connectivity index (χ0v) is 10.9. The number of ketones is 2. The zero-order chi connectivity index (χ0) is 12.7. The molecule has 1 N–H and O–H groups in total. The molecule has 0 radical (unpaired) electrons. The number of phenolic OH excluding ortho intramolecular Hbond substituents is 1. The molecule has 88 valence electrons. The summed E-state index contributed by atoms with van der Waals surface area (Å²) < 4.78 is 0.400. The molecule has 0 saturated heterocycles. The second-order valence-electron chi connectivity index (χ2n) is 3.94. The van der Waals surface area contributed by atoms with Crippen molar-refractivity contribution in [2.24, 2.45) is 0 Å². The smallest absolute Gasteiger partial charge is 0.213 e. The number of fused-ring (bicyclic) bond motifs is 1. The lowest BCUT2D eigenvalue weighted by atomic mass is 9.91. The van der Waals surface area contributed by atoms with Gasteiger partial charge in [0.25, 0.3) is 0 Å². The number of aromatic hydroxyl groups is 1. The first kappa shape index (κ1) is 11.9. The highest BCUT2D eigenvalue weighted by Crippen LogP contribution is 2.35. The molecule has 0 aliphatic heterocycles. The SMILES string of the molecule is CN(C)C1=CC(=O)c2ccc(Br)c(O)c2C1=O. The first-order valence-electron chi connectivity index (χ1n) is 4.93. The number of carbonyl (C=O) groups excluding carboxylic acids is 2. The summed E-state index contributed by atoms with van der Waals surface area (Å²) in [6.45, 7) is 0. The molecule has 0 atom stereocenters. The molecule has 1 aromatic rings. The Labute approximate surface area is 107 Å². The van der Waals surface area contributed by atoms with Crippen LogP contribution in [-0.2, 0) is 0 Å². The minimum atomic E-state index is -0.344. The number of carbonyl (C=O) groups is 2. The number of hydrogen-bond acceptors (Lipinski definition) is 4. The Morgan fingerprint density at radius 2 is 1.88 bits per heavy atom. The van der Waals surface area contributed by atoms with E-state index in [9.17, 15) is 14.7 Å². The monoisotopic (exact) mass is 295 g/mol. The number of halogens is 1. The fraction of sp³-hybridized carbons (Fsp3) is 0.167. The van der Waals surface area contributed by atoms with Crippen LogP contribution >= 0.6 is 15.9 Å². The number of nitrogens with zero attached hydrogens (tertiary/aromatic N) is 1. The van der Waals surface area contributed by atoms with E-state index in [2.05, 4.69) is 15.9 Å². The third kappa shape index (κ3) is 1.76. The van der Waals surface area contributed by atoms with Gasteiger partial charge in [-0.1, -0.05) is 0 Å². The highest BCUT2D eigenvalue weighted by Gasteiger charge is 2.30. The van der Waals surface area contributed by atoms with Crippen LogP contribution in [0.4, 0.5) is 0 Å². The molecule has 1 aromatic carbocycles. The molecule has 1 aliphatic carbocycles. The normalized spacial score (nSPS) is 14.4. The van der Waals surface area contributed by atoms with Crippen LogP contribution in [0.5, 0.6) is 5.75 Å². The first-order valence-corrected chi connectivity index (χ1v) is 5.72. The third-order valence-electron chi connectivity index (χ3n) is 2.60. The number of benzene rings is 1. The lowest BCUT2D eigenvalue weighted by molar-refractivity contribution is 0.0959. The van der Waals surface area contributed by atoms with E-state index in [4.69, 9.17) is 0 Å². The maximum absolute atomic E-state index is 12.1. The molecule has 0 spiro atoms. The van der Waals surface area contributed by atoms with E-state index in [1.54, 1.807) is 25.1 Å². The van der Waals surface area contributed by atoms with E-state index in [1.807, 2.05) is 0 Å². The van der Waals surface area contributed by atoms with E-state index in [0.29, 0.717) is 4.47 Å². The minimum Gasteiger partial charge on any atom is -0.506 e. The van der Waals surface area contributed by atoms with Gasteiger partial charge < -0.3 is 10.0 Å². The molecule has 0 amide bonds. The van der Waals surface area contributed by atoms with Crippen LogP contribution < -0.4 is 0 Å². The molecule has 1 aliphatic rings. The van der Waals surface area contributed by atoms with Gasteiger partial charge in [-0.05, 0) is 28.1 Å². The Hall–Kier alpha value is -1.62. The zero-order valence-electron chi connectivity index (χ0n) is 9.32. The van der Waals surface area contributed by atoms with Gasteiger partial charge in [0.1, 0.15) is 5.75 Å². The van der Waals surface area contributed by atoms with Gasteiger partial charge in [0.15, 0.2) is 5.78 Å². The average Bonchev–Trinajstić information content (AvgIpc) is 2.26. The van der Waals surface area contributed by atoms with Gasteiger partial charge in [0, 0.05) is 25.7 Å². The van der Waals surface area contributed by atoms with Gasteiger partial charge in [-0.25, -0.2) is 0 Å². The van der Waals surface area contributed by atoms with Gasteiger partial charge in [-0.15, -0.1) is 0 Å². The van der Waals surface area contributed by atoms with Gasteiger partial charge >= 0.3 is 0 Å². The minimum absolute atomic E-state index is 0.0653. The second-order valence-corrected chi connectivity index (χ2v) is 4.79. The van der Waals surface area contributed by atoms with Crippen molar-refractivity contribution in [2.75, 3.05) is 14.1 Å². The molecule has 4 nitrogen and oxygen atoms in total. The molecule has 0 unspecified atom stereocenters. The number of rotatable bonds is 1. The summed E-state index contributed by atoms with van der Waals surface area (Å²) >= 11 is 3.13. The van der Waals surface area contributed by atoms with Crippen LogP contribution in [0.3, 0.4) is 0 Å². The number of allylic oxidation sites excluding steroid dienone is 2. The van der Waals surface area contributed by atoms with Crippen molar-refractivity contribution in [3.63, 3.8) is 0 Å². The van der Waals surface area contributed by atoms with Crippen molar-refractivity contribution in [2.45, 2.75) is 0 Å². The fourth-order valence-corrected chi connectivity index (χ4v) is 2.06. The Bertz CT molecular complexity index is 561. The van der Waals surface area contributed by atoms with Crippen LogP contribution in [0.15, 0.2) is 28.4 Å². The van der Waals surface area contributed by atoms with Crippen molar-refractivity contribution in [3.05, 3.63) is 39.5 Å². The molecule has 5 heteroatoms. The predicted molar refractivity (Wildman–Crippen MR) is 66.2 cm³/mol. The first-order chi connectivity index (χ1) is 7.93. The molecule has 2 rings (SSSR count). The summed E-state index contributed by atoms with van der Waals surface area (Å²) in [7, 11) is 3.36. The fourth-order valence-electron chi connectivity index (χ4n) is 1.73. The third-order valence-corrected chi connectivity index (χ3v) is 3.24. The van der Waals surface area contributed by atoms with Crippen molar-refractivity contribution in [3.8, 4) is 5.75 Å². The highest BCUT2D eigenvalue weighted by molar-refractivity contribution is 9.10. The number of phenols is 1. The lowest BCUT2D eigenvalue weighted by Crippen LogP contribution is -2.26. The van der Waals surface area contributed by atoms with E-state index < -0.39 is 0 Å². The molecular formula is C12H10BrNO3. The molecule has 0 fully saturated rings. The van der Waals surface area contributed by atoms with Crippen LogP contribution in [-0.4, -0.2) is 35.7 Å². The lowest BCUT2D eigenvalue weighted by Gasteiger charge is -2.21. The van der Waals surface area contributed by atoms with Gasteiger partial charge in [-0.2, -0.15) is 0 Å². The van der Waals surface area contributed by atoms with Crippen molar-refractivity contribution < 1.29 is 14.7 Å².